The number of likely N-dealkylation sites (tertiary alicyclic amines) is 1. The van der Waals surface area contributed by atoms with E-state index >= 15 is 0 Å². The maximum absolute atomic E-state index is 12.8. The Balaban J connectivity index is 1.53. The lowest BCUT2D eigenvalue weighted by atomic mass is 9.92. The highest BCUT2D eigenvalue weighted by atomic mass is 16.2. The first-order valence-corrected chi connectivity index (χ1v) is 10.2. The molecule has 0 radical (unpaired) electrons. The van der Waals surface area contributed by atoms with Gasteiger partial charge in [0.15, 0.2) is 0 Å². The van der Waals surface area contributed by atoms with Crippen LogP contribution in [-0.2, 0) is 6.42 Å². The van der Waals surface area contributed by atoms with Crippen molar-refractivity contribution in [2.75, 3.05) is 13.1 Å². The van der Waals surface area contributed by atoms with Crippen molar-refractivity contribution in [3.8, 4) is 0 Å². The van der Waals surface area contributed by atoms with Crippen LogP contribution in [-0.4, -0.2) is 38.8 Å². The summed E-state index contributed by atoms with van der Waals surface area (Å²) in [5.74, 6) is 0.205. The molecule has 2 aromatic heterocycles. The predicted octanol–water partition coefficient (Wildman–Crippen LogP) is 4.10. The minimum absolute atomic E-state index is 0.0459. The summed E-state index contributed by atoms with van der Waals surface area (Å²) in [6.45, 7) is 5.61. The smallest absolute Gasteiger partial charge is 0.274 e. The van der Waals surface area contributed by atoms with Crippen LogP contribution in [0.5, 0.6) is 0 Å². The SMILES string of the molecule is Cc1cccc(Cc2cc(C)nc([C@@H]3CCCN(C(=O)c4cnccn4)C3)c2)c1. The van der Waals surface area contributed by atoms with Crippen molar-refractivity contribution in [2.45, 2.75) is 39.0 Å². The third-order valence-corrected chi connectivity index (χ3v) is 5.43. The van der Waals surface area contributed by atoms with Crippen LogP contribution in [0.3, 0.4) is 0 Å². The van der Waals surface area contributed by atoms with Crippen molar-refractivity contribution >= 4 is 5.91 Å². The van der Waals surface area contributed by atoms with Crippen LogP contribution in [0.15, 0.2) is 55.0 Å². The minimum atomic E-state index is -0.0459. The summed E-state index contributed by atoms with van der Waals surface area (Å²) in [4.78, 5) is 27.7. The molecule has 1 aromatic carbocycles. The number of pyridine rings is 1. The number of benzene rings is 1. The quantitative estimate of drug-likeness (QED) is 0.677. The first-order valence-electron chi connectivity index (χ1n) is 10.2. The van der Waals surface area contributed by atoms with E-state index in [1.54, 1.807) is 12.4 Å². The third-order valence-electron chi connectivity index (χ3n) is 5.43. The highest BCUT2D eigenvalue weighted by Gasteiger charge is 2.27. The Morgan fingerprint density at radius 2 is 2.03 bits per heavy atom. The van der Waals surface area contributed by atoms with Gasteiger partial charge in [0.25, 0.3) is 5.91 Å². The Bertz CT molecular complexity index is 1000. The van der Waals surface area contributed by atoms with E-state index in [1.165, 1.54) is 22.9 Å². The highest BCUT2D eigenvalue weighted by Crippen LogP contribution is 2.28. The Kier molecular flexibility index (Phi) is 5.65. The summed E-state index contributed by atoms with van der Waals surface area (Å²) in [6, 6.07) is 13.0. The van der Waals surface area contributed by atoms with Gasteiger partial charge in [-0.1, -0.05) is 29.8 Å². The fourth-order valence-electron chi connectivity index (χ4n) is 4.11. The molecule has 0 spiro atoms. The number of amides is 1. The number of hydrogen-bond acceptors (Lipinski definition) is 4. The largest absolute Gasteiger partial charge is 0.337 e. The maximum Gasteiger partial charge on any atom is 0.274 e. The van der Waals surface area contributed by atoms with E-state index in [1.807, 2.05) is 4.90 Å². The number of aromatic nitrogens is 3. The molecule has 29 heavy (non-hydrogen) atoms. The molecular formula is C24H26N4O. The van der Waals surface area contributed by atoms with Gasteiger partial charge >= 0.3 is 0 Å². The Morgan fingerprint density at radius 3 is 2.83 bits per heavy atom. The molecule has 1 aliphatic rings. The maximum atomic E-state index is 12.8. The van der Waals surface area contributed by atoms with Crippen LogP contribution in [0, 0.1) is 13.8 Å². The number of carbonyl (C=O) groups is 1. The fraction of sp³-hybridized carbons (Fsp3) is 0.333. The number of aryl methyl sites for hydroxylation is 2. The van der Waals surface area contributed by atoms with Gasteiger partial charge in [0, 0.05) is 42.8 Å². The molecule has 1 aliphatic heterocycles. The van der Waals surface area contributed by atoms with Crippen molar-refractivity contribution in [2.24, 2.45) is 0 Å². The summed E-state index contributed by atoms with van der Waals surface area (Å²) in [6.07, 6.45) is 7.60. The minimum Gasteiger partial charge on any atom is -0.337 e. The monoisotopic (exact) mass is 386 g/mol. The zero-order valence-electron chi connectivity index (χ0n) is 17.0. The zero-order chi connectivity index (χ0) is 20.2. The first kappa shape index (κ1) is 19.2. The van der Waals surface area contributed by atoms with Crippen molar-refractivity contribution < 1.29 is 4.79 Å². The molecule has 0 unspecified atom stereocenters. The summed E-state index contributed by atoms with van der Waals surface area (Å²) in [7, 11) is 0. The van der Waals surface area contributed by atoms with Crippen molar-refractivity contribution in [3.63, 3.8) is 0 Å². The standard InChI is InChI=1S/C24H26N4O/c1-17-5-3-6-19(11-17)13-20-12-18(2)27-22(14-20)21-7-4-10-28(16-21)24(29)23-15-25-8-9-26-23/h3,5-6,8-9,11-12,14-15,21H,4,7,10,13,16H2,1-2H3/t21-/m1/s1. The number of piperidine rings is 1. The van der Waals surface area contributed by atoms with Crippen LogP contribution in [0.25, 0.3) is 0 Å². The number of rotatable bonds is 4. The summed E-state index contributed by atoms with van der Waals surface area (Å²) in [5.41, 5.74) is 6.39. The van der Waals surface area contributed by atoms with E-state index < -0.39 is 0 Å². The first-order chi connectivity index (χ1) is 14.1. The molecule has 0 bridgehead atoms. The van der Waals surface area contributed by atoms with E-state index in [4.69, 9.17) is 4.98 Å². The lowest BCUT2D eigenvalue weighted by Gasteiger charge is -2.32. The Labute approximate surface area is 171 Å². The molecule has 5 nitrogen and oxygen atoms in total. The molecule has 3 aromatic rings. The topological polar surface area (TPSA) is 59.0 Å². The predicted molar refractivity (Wildman–Crippen MR) is 113 cm³/mol. The molecule has 1 atom stereocenters. The lowest BCUT2D eigenvalue weighted by Crippen LogP contribution is -2.39. The van der Waals surface area contributed by atoms with Gasteiger partial charge in [-0.25, -0.2) is 4.98 Å². The molecular weight excluding hydrogens is 360 g/mol. The van der Waals surface area contributed by atoms with Crippen LogP contribution in [0.4, 0.5) is 0 Å². The second-order valence-corrected chi connectivity index (χ2v) is 7.89. The Hall–Kier alpha value is -3.08. The summed E-state index contributed by atoms with van der Waals surface area (Å²) < 4.78 is 0. The zero-order valence-corrected chi connectivity index (χ0v) is 17.0. The number of nitrogens with zero attached hydrogens (tertiary/aromatic N) is 4. The second kappa shape index (κ2) is 8.52. The van der Waals surface area contributed by atoms with Crippen molar-refractivity contribution in [1.29, 1.82) is 0 Å². The molecule has 1 amide bonds. The number of hydrogen-bond donors (Lipinski definition) is 0. The molecule has 4 rings (SSSR count). The van der Waals surface area contributed by atoms with Gasteiger partial charge in [0.05, 0.1) is 6.20 Å². The lowest BCUT2D eigenvalue weighted by molar-refractivity contribution is 0.0699. The molecule has 1 saturated heterocycles. The van der Waals surface area contributed by atoms with Crippen LogP contribution < -0.4 is 0 Å². The highest BCUT2D eigenvalue weighted by molar-refractivity contribution is 5.92. The van der Waals surface area contributed by atoms with E-state index in [9.17, 15) is 4.79 Å². The van der Waals surface area contributed by atoms with Gasteiger partial charge < -0.3 is 4.90 Å². The van der Waals surface area contributed by atoms with E-state index in [0.717, 1.165) is 37.2 Å². The average Bonchev–Trinajstić information content (AvgIpc) is 2.73. The molecule has 0 saturated carbocycles. The van der Waals surface area contributed by atoms with Gasteiger partial charge in [-0.05, 0) is 56.4 Å². The van der Waals surface area contributed by atoms with Gasteiger partial charge in [0.2, 0.25) is 0 Å². The van der Waals surface area contributed by atoms with Gasteiger partial charge in [-0.15, -0.1) is 0 Å². The molecule has 5 heteroatoms. The van der Waals surface area contributed by atoms with Gasteiger partial charge in [-0.3, -0.25) is 14.8 Å². The average molecular weight is 386 g/mol. The van der Waals surface area contributed by atoms with Crippen LogP contribution in [0.2, 0.25) is 0 Å². The van der Waals surface area contributed by atoms with Gasteiger partial charge in [0.1, 0.15) is 5.69 Å². The van der Waals surface area contributed by atoms with Crippen molar-refractivity contribution in [1.82, 2.24) is 19.9 Å². The molecule has 1 fully saturated rings. The molecule has 3 heterocycles. The summed E-state index contributed by atoms with van der Waals surface area (Å²) >= 11 is 0. The second-order valence-electron chi connectivity index (χ2n) is 7.89. The van der Waals surface area contributed by atoms with Crippen LogP contribution in [0.1, 0.15) is 57.3 Å². The summed E-state index contributed by atoms with van der Waals surface area (Å²) in [5, 5.41) is 0. The van der Waals surface area contributed by atoms with E-state index in [0.29, 0.717) is 12.2 Å². The van der Waals surface area contributed by atoms with Gasteiger partial charge in [-0.2, -0.15) is 0 Å². The molecule has 0 N–H and O–H groups in total. The van der Waals surface area contributed by atoms with Crippen LogP contribution >= 0.6 is 0 Å². The normalized spacial score (nSPS) is 16.6. The third kappa shape index (κ3) is 4.67. The number of carbonyl (C=O) groups excluding carboxylic acids is 1. The van der Waals surface area contributed by atoms with E-state index in [-0.39, 0.29) is 11.8 Å². The molecule has 0 aliphatic carbocycles. The molecule has 148 valence electrons. The van der Waals surface area contributed by atoms with Crippen molar-refractivity contribution in [3.05, 3.63) is 88.8 Å². The fourth-order valence-corrected chi connectivity index (χ4v) is 4.11. The van der Waals surface area contributed by atoms with E-state index in [2.05, 4.69) is 60.2 Å². The Morgan fingerprint density at radius 1 is 1.14 bits per heavy atom.